The van der Waals surface area contributed by atoms with Gasteiger partial charge in [0.15, 0.2) is 0 Å². The van der Waals surface area contributed by atoms with Crippen LogP contribution in [0.15, 0.2) is 54.6 Å². The summed E-state index contributed by atoms with van der Waals surface area (Å²) in [5.41, 5.74) is 7.88. The van der Waals surface area contributed by atoms with Crippen LogP contribution in [-0.4, -0.2) is 5.91 Å². The van der Waals surface area contributed by atoms with Gasteiger partial charge in [-0.05, 0) is 23.8 Å². The number of hydrogen-bond donors (Lipinski definition) is 2. The number of carbonyl (C=O) groups is 1. The van der Waals surface area contributed by atoms with Crippen LogP contribution in [0.2, 0.25) is 0 Å². The fourth-order valence-corrected chi connectivity index (χ4v) is 1.56. The number of nitrogen functional groups attached to an aromatic ring is 1. The molecule has 0 aliphatic carbocycles. The highest BCUT2D eigenvalue weighted by atomic mass is 35.5. The molecule has 18 heavy (non-hydrogen) atoms. The van der Waals surface area contributed by atoms with Crippen molar-refractivity contribution in [3.63, 3.8) is 0 Å². The van der Waals surface area contributed by atoms with Gasteiger partial charge in [-0.15, -0.1) is 12.4 Å². The molecule has 3 N–H and O–H groups in total. The molecule has 0 atom stereocenters. The number of amides is 1. The van der Waals surface area contributed by atoms with Gasteiger partial charge in [-0.1, -0.05) is 36.4 Å². The van der Waals surface area contributed by atoms with Gasteiger partial charge in [-0.25, -0.2) is 0 Å². The van der Waals surface area contributed by atoms with E-state index in [0.717, 1.165) is 5.56 Å². The van der Waals surface area contributed by atoms with Crippen molar-refractivity contribution in [1.82, 2.24) is 5.32 Å². The Morgan fingerprint density at radius 1 is 1.06 bits per heavy atom. The van der Waals surface area contributed by atoms with E-state index in [9.17, 15) is 4.79 Å². The molecule has 0 radical (unpaired) electrons. The minimum atomic E-state index is -0.110. The molecule has 1 amide bonds. The van der Waals surface area contributed by atoms with Gasteiger partial charge < -0.3 is 11.1 Å². The third-order valence-corrected chi connectivity index (χ3v) is 2.44. The third-order valence-electron chi connectivity index (χ3n) is 2.44. The lowest BCUT2D eigenvalue weighted by Gasteiger charge is -2.05. The second-order valence-corrected chi connectivity index (χ2v) is 3.79. The van der Waals surface area contributed by atoms with Crippen LogP contribution in [0.1, 0.15) is 15.9 Å². The zero-order chi connectivity index (χ0) is 12.1. The highest BCUT2D eigenvalue weighted by Crippen LogP contribution is 2.06. The highest BCUT2D eigenvalue weighted by molar-refractivity contribution is 5.94. The van der Waals surface area contributed by atoms with E-state index in [2.05, 4.69) is 5.32 Å². The Kier molecular flexibility index (Phi) is 5.21. The van der Waals surface area contributed by atoms with Crippen molar-refractivity contribution in [3.05, 3.63) is 65.7 Å². The van der Waals surface area contributed by atoms with Crippen LogP contribution in [0.4, 0.5) is 5.69 Å². The van der Waals surface area contributed by atoms with E-state index < -0.39 is 0 Å². The lowest BCUT2D eigenvalue weighted by atomic mass is 10.2. The third kappa shape index (κ3) is 3.79. The molecule has 3 nitrogen and oxygen atoms in total. The molecule has 0 saturated carbocycles. The number of carbonyl (C=O) groups excluding carboxylic acids is 1. The van der Waals surface area contributed by atoms with Crippen LogP contribution in [0, 0.1) is 0 Å². The van der Waals surface area contributed by atoms with E-state index in [-0.39, 0.29) is 18.3 Å². The van der Waals surface area contributed by atoms with Crippen LogP contribution >= 0.6 is 12.4 Å². The highest BCUT2D eigenvalue weighted by Gasteiger charge is 2.04. The number of hydrogen-bond acceptors (Lipinski definition) is 2. The summed E-state index contributed by atoms with van der Waals surface area (Å²) in [6.07, 6.45) is 0. The van der Waals surface area contributed by atoms with E-state index in [4.69, 9.17) is 5.73 Å². The first-order valence-corrected chi connectivity index (χ1v) is 5.43. The SMILES string of the molecule is Cl.Nc1cccc(C(=O)NCc2ccccc2)c1. The number of anilines is 1. The van der Waals surface area contributed by atoms with Crippen molar-refractivity contribution in [2.24, 2.45) is 0 Å². The van der Waals surface area contributed by atoms with Gasteiger partial charge in [-0.3, -0.25) is 4.79 Å². The summed E-state index contributed by atoms with van der Waals surface area (Å²) < 4.78 is 0. The fraction of sp³-hybridized carbons (Fsp3) is 0.0714. The van der Waals surface area contributed by atoms with Crippen molar-refractivity contribution in [3.8, 4) is 0 Å². The standard InChI is InChI=1S/C14H14N2O.ClH/c15-13-8-4-7-12(9-13)14(17)16-10-11-5-2-1-3-6-11;/h1-9H,10,15H2,(H,16,17);1H. The average Bonchev–Trinajstić information content (AvgIpc) is 2.37. The monoisotopic (exact) mass is 262 g/mol. The fourth-order valence-electron chi connectivity index (χ4n) is 1.56. The summed E-state index contributed by atoms with van der Waals surface area (Å²) in [5, 5.41) is 2.85. The molecule has 0 fully saturated rings. The Morgan fingerprint density at radius 2 is 1.78 bits per heavy atom. The average molecular weight is 263 g/mol. The second-order valence-electron chi connectivity index (χ2n) is 3.79. The smallest absolute Gasteiger partial charge is 0.251 e. The van der Waals surface area contributed by atoms with E-state index in [0.29, 0.717) is 17.8 Å². The van der Waals surface area contributed by atoms with Crippen LogP contribution in [0.25, 0.3) is 0 Å². The maximum absolute atomic E-state index is 11.8. The maximum Gasteiger partial charge on any atom is 0.251 e. The summed E-state index contributed by atoms with van der Waals surface area (Å²) in [6.45, 7) is 0.522. The zero-order valence-corrected chi connectivity index (χ0v) is 10.6. The number of rotatable bonds is 3. The Morgan fingerprint density at radius 3 is 2.44 bits per heavy atom. The van der Waals surface area contributed by atoms with Gasteiger partial charge >= 0.3 is 0 Å². The largest absolute Gasteiger partial charge is 0.399 e. The van der Waals surface area contributed by atoms with Crippen molar-refractivity contribution in [2.45, 2.75) is 6.54 Å². The molecule has 0 saturated heterocycles. The molecule has 2 aromatic carbocycles. The van der Waals surface area contributed by atoms with Gasteiger partial charge in [0.2, 0.25) is 0 Å². The molecule has 2 aromatic rings. The Labute approximate surface area is 112 Å². The van der Waals surface area contributed by atoms with E-state index in [1.807, 2.05) is 30.3 Å². The lowest BCUT2D eigenvalue weighted by Crippen LogP contribution is -2.22. The molecule has 0 spiro atoms. The first-order valence-electron chi connectivity index (χ1n) is 5.43. The Balaban J connectivity index is 0.00000162. The number of benzene rings is 2. The molecular weight excluding hydrogens is 248 g/mol. The minimum absolute atomic E-state index is 0. The number of nitrogens with one attached hydrogen (secondary N) is 1. The molecule has 0 unspecified atom stereocenters. The van der Waals surface area contributed by atoms with Gasteiger partial charge in [0, 0.05) is 17.8 Å². The van der Waals surface area contributed by atoms with Crippen LogP contribution in [0.3, 0.4) is 0 Å². The first-order chi connectivity index (χ1) is 8.25. The number of halogens is 1. The van der Waals surface area contributed by atoms with E-state index in [1.165, 1.54) is 0 Å². The molecule has 0 aliphatic heterocycles. The molecule has 0 bridgehead atoms. The topological polar surface area (TPSA) is 55.1 Å². The van der Waals surface area contributed by atoms with Gasteiger partial charge in [0.05, 0.1) is 0 Å². The predicted molar refractivity (Wildman–Crippen MR) is 75.7 cm³/mol. The normalized spacial score (nSPS) is 9.33. The summed E-state index contributed by atoms with van der Waals surface area (Å²) >= 11 is 0. The van der Waals surface area contributed by atoms with Crippen LogP contribution in [-0.2, 0) is 6.54 Å². The van der Waals surface area contributed by atoms with Gasteiger partial charge in [-0.2, -0.15) is 0 Å². The van der Waals surface area contributed by atoms with Gasteiger partial charge in [0.1, 0.15) is 0 Å². The molecular formula is C14H15ClN2O. The second kappa shape index (κ2) is 6.67. The first kappa shape index (κ1) is 14.1. The van der Waals surface area contributed by atoms with E-state index in [1.54, 1.807) is 24.3 Å². The molecule has 2 rings (SSSR count). The molecule has 0 heterocycles. The summed E-state index contributed by atoms with van der Waals surface area (Å²) in [6, 6.07) is 16.7. The quantitative estimate of drug-likeness (QED) is 0.836. The lowest BCUT2D eigenvalue weighted by molar-refractivity contribution is 0.0951. The number of nitrogens with two attached hydrogens (primary N) is 1. The molecule has 0 aromatic heterocycles. The Hall–Kier alpha value is -2.00. The van der Waals surface area contributed by atoms with Crippen LogP contribution in [0.5, 0.6) is 0 Å². The van der Waals surface area contributed by atoms with Crippen molar-refractivity contribution >= 4 is 24.0 Å². The molecule has 0 aliphatic rings. The predicted octanol–water partition coefficient (Wildman–Crippen LogP) is 2.62. The molecule has 94 valence electrons. The van der Waals surface area contributed by atoms with Crippen LogP contribution < -0.4 is 11.1 Å². The van der Waals surface area contributed by atoms with Crippen molar-refractivity contribution in [2.75, 3.05) is 5.73 Å². The zero-order valence-electron chi connectivity index (χ0n) is 9.80. The Bertz CT molecular complexity index is 514. The summed E-state index contributed by atoms with van der Waals surface area (Å²) in [4.78, 5) is 11.8. The van der Waals surface area contributed by atoms with Crippen molar-refractivity contribution in [1.29, 1.82) is 0 Å². The maximum atomic E-state index is 11.8. The van der Waals surface area contributed by atoms with Crippen molar-refractivity contribution < 1.29 is 4.79 Å². The molecule has 4 heteroatoms. The van der Waals surface area contributed by atoms with E-state index >= 15 is 0 Å². The minimum Gasteiger partial charge on any atom is -0.399 e. The van der Waals surface area contributed by atoms with Gasteiger partial charge in [0.25, 0.3) is 5.91 Å². The summed E-state index contributed by atoms with van der Waals surface area (Å²) in [7, 11) is 0. The summed E-state index contributed by atoms with van der Waals surface area (Å²) in [5.74, 6) is -0.110.